The smallest absolute Gasteiger partial charge is 0.213 e. The number of nitrogens with zero attached hydrogens (tertiary/aromatic N) is 1. The minimum absolute atomic E-state index is 0.186. The van der Waals surface area contributed by atoms with Gasteiger partial charge in [0.15, 0.2) is 0 Å². The van der Waals surface area contributed by atoms with Crippen LogP contribution in [0, 0.1) is 12.3 Å². The summed E-state index contributed by atoms with van der Waals surface area (Å²) in [6.45, 7) is 9.09. The van der Waals surface area contributed by atoms with Gasteiger partial charge in [-0.05, 0) is 18.4 Å². The number of rotatable bonds is 2. The number of aromatic nitrogens is 1. The Morgan fingerprint density at radius 3 is 2.54 bits per heavy atom. The first-order valence-electron chi connectivity index (χ1n) is 4.54. The summed E-state index contributed by atoms with van der Waals surface area (Å²) in [7, 11) is 0. The third kappa shape index (κ3) is 3.92. The summed E-state index contributed by atoms with van der Waals surface area (Å²) in [4.78, 5) is 4.25. The Balaban J connectivity index is 2.55. The molecule has 0 amide bonds. The Kier molecular flexibility index (Phi) is 2.91. The maximum atomic E-state index is 5.54. The molecule has 0 atom stereocenters. The number of hydrogen-bond acceptors (Lipinski definition) is 2. The summed E-state index contributed by atoms with van der Waals surface area (Å²) in [6, 6.07) is 5.81. The molecule has 1 aromatic heterocycles. The summed E-state index contributed by atoms with van der Waals surface area (Å²) in [5.41, 5.74) is 1.18. The van der Waals surface area contributed by atoms with Gasteiger partial charge in [0.05, 0.1) is 6.61 Å². The third-order valence-corrected chi connectivity index (χ3v) is 1.52. The van der Waals surface area contributed by atoms with E-state index in [-0.39, 0.29) is 5.41 Å². The monoisotopic (exact) mass is 179 g/mol. The van der Waals surface area contributed by atoms with Gasteiger partial charge in [0.1, 0.15) is 0 Å². The van der Waals surface area contributed by atoms with Crippen LogP contribution < -0.4 is 4.74 Å². The average Bonchev–Trinajstić information content (AvgIpc) is 2.00. The van der Waals surface area contributed by atoms with Gasteiger partial charge >= 0.3 is 0 Å². The molecular weight excluding hydrogens is 162 g/mol. The first kappa shape index (κ1) is 10.0. The van der Waals surface area contributed by atoms with Crippen LogP contribution in [0.15, 0.2) is 18.2 Å². The zero-order valence-electron chi connectivity index (χ0n) is 8.79. The molecule has 0 spiro atoms. The fraction of sp³-hybridized carbons (Fsp3) is 0.545. The molecule has 0 aliphatic carbocycles. The van der Waals surface area contributed by atoms with E-state index in [9.17, 15) is 0 Å². The van der Waals surface area contributed by atoms with Crippen molar-refractivity contribution in [1.82, 2.24) is 4.98 Å². The van der Waals surface area contributed by atoms with Crippen molar-refractivity contribution in [3.05, 3.63) is 23.9 Å². The Morgan fingerprint density at radius 1 is 1.31 bits per heavy atom. The first-order valence-corrected chi connectivity index (χ1v) is 4.54. The number of aryl methyl sites for hydroxylation is 1. The second-order valence-corrected chi connectivity index (χ2v) is 4.47. The van der Waals surface area contributed by atoms with Gasteiger partial charge < -0.3 is 4.74 Å². The lowest BCUT2D eigenvalue weighted by Crippen LogP contribution is -2.17. The van der Waals surface area contributed by atoms with Crippen LogP contribution in [0.4, 0.5) is 0 Å². The SMILES string of the molecule is Cc1cccc(OCC(C)(C)C)n1. The van der Waals surface area contributed by atoms with Gasteiger partial charge in [-0.1, -0.05) is 26.8 Å². The summed E-state index contributed by atoms with van der Waals surface area (Å²) < 4.78 is 5.54. The molecule has 0 aliphatic heterocycles. The normalized spacial score (nSPS) is 11.4. The molecular formula is C11H17NO. The maximum absolute atomic E-state index is 5.54. The van der Waals surface area contributed by atoms with Gasteiger partial charge in [-0.2, -0.15) is 0 Å². The molecule has 0 aromatic carbocycles. The Labute approximate surface area is 80.0 Å². The number of pyridine rings is 1. The predicted molar refractivity (Wildman–Crippen MR) is 53.9 cm³/mol. The fourth-order valence-corrected chi connectivity index (χ4v) is 0.889. The topological polar surface area (TPSA) is 22.1 Å². The molecule has 0 saturated carbocycles. The molecule has 13 heavy (non-hydrogen) atoms. The zero-order valence-corrected chi connectivity index (χ0v) is 8.79. The van der Waals surface area contributed by atoms with Crippen molar-refractivity contribution in [3.8, 4) is 5.88 Å². The van der Waals surface area contributed by atoms with Crippen LogP contribution in [0.25, 0.3) is 0 Å². The molecule has 0 bridgehead atoms. The number of ether oxygens (including phenoxy) is 1. The summed E-state index contributed by atoms with van der Waals surface area (Å²) in [5.74, 6) is 0.718. The molecule has 0 radical (unpaired) electrons. The van der Waals surface area contributed by atoms with Crippen LogP contribution in [0.2, 0.25) is 0 Å². The minimum atomic E-state index is 0.186. The lowest BCUT2D eigenvalue weighted by molar-refractivity contribution is 0.191. The maximum Gasteiger partial charge on any atom is 0.213 e. The Morgan fingerprint density at radius 2 is 2.00 bits per heavy atom. The van der Waals surface area contributed by atoms with E-state index in [2.05, 4.69) is 25.8 Å². The second kappa shape index (κ2) is 3.77. The van der Waals surface area contributed by atoms with Gasteiger partial charge in [-0.25, -0.2) is 4.98 Å². The van der Waals surface area contributed by atoms with Crippen molar-refractivity contribution in [2.45, 2.75) is 27.7 Å². The van der Waals surface area contributed by atoms with Crippen molar-refractivity contribution in [1.29, 1.82) is 0 Å². The highest BCUT2D eigenvalue weighted by molar-refractivity contribution is 5.14. The van der Waals surface area contributed by atoms with Gasteiger partial charge in [-0.3, -0.25) is 0 Å². The molecule has 0 N–H and O–H groups in total. The Hall–Kier alpha value is -1.05. The molecule has 0 saturated heterocycles. The summed E-state index contributed by atoms with van der Waals surface area (Å²) in [6.07, 6.45) is 0. The molecule has 0 fully saturated rings. The van der Waals surface area contributed by atoms with Crippen molar-refractivity contribution >= 4 is 0 Å². The molecule has 72 valence electrons. The third-order valence-electron chi connectivity index (χ3n) is 1.52. The molecule has 2 heteroatoms. The van der Waals surface area contributed by atoms with Gasteiger partial charge in [-0.15, -0.1) is 0 Å². The van der Waals surface area contributed by atoms with Gasteiger partial charge in [0.25, 0.3) is 0 Å². The Bertz CT molecular complexity index is 276. The van der Waals surface area contributed by atoms with E-state index >= 15 is 0 Å². The van der Waals surface area contributed by atoms with Crippen molar-refractivity contribution < 1.29 is 4.74 Å². The predicted octanol–water partition coefficient (Wildman–Crippen LogP) is 2.81. The number of hydrogen-bond donors (Lipinski definition) is 0. The van der Waals surface area contributed by atoms with E-state index in [0.29, 0.717) is 6.61 Å². The highest BCUT2D eigenvalue weighted by Crippen LogP contribution is 2.15. The van der Waals surface area contributed by atoms with E-state index in [4.69, 9.17) is 4.74 Å². The van der Waals surface area contributed by atoms with Crippen LogP contribution in [-0.2, 0) is 0 Å². The van der Waals surface area contributed by atoms with E-state index in [1.165, 1.54) is 0 Å². The summed E-state index contributed by atoms with van der Waals surface area (Å²) in [5, 5.41) is 0. The molecule has 1 rings (SSSR count). The van der Waals surface area contributed by atoms with Crippen LogP contribution >= 0.6 is 0 Å². The highest BCUT2D eigenvalue weighted by atomic mass is 16.5. The first-order chi connectivity index (χ1) is 5.97. The largest absolute Gasteiger partial charge is 0.477 e. The van der Waals surface area contributed by atoms with Crippen molar-refractivity contribution in [2.24, 2.45) is 5.41 Å². The van der Waals surface area contributed by atoms with Crippen LogP contribution in [0.3, 0.4) is 0 Å². The summed E-state index contributed by atoms with van der Waals surface area (Å²) >= 11 is 0. The van der Waals surface area contributed by atoms with E-state index in [1.807, 2.05) is 25.1 Å². The standard InChI is InChI=1S/C11H17NO/c1-9-6-5-7-10(12-9)13-8-11(2,3)4/h5-7H,8H2,1-4H3. The van der Waals surface area contributed by atoms with Crippen molar-refractivity contribution in [2.75, 3.05) is 6.61 Å². The van der Waals surface area contributed by atoms with E-state index in [1.54, 1.807) is 0 Å². The van der Waals surface area contributed by atoms with Crippen LogP contribution in [0.1, 0.15) is 26.5 Å². The second-order valence-electron chi connectivity index (χ2n) is 4.47. The molecule has 1 aromatic rings. The fourth-order valence-electron chi connectivity index (χ4n) is 0.889. The molecule has 2 nitrogen and oxygen atoms in total. The van der Waals surface area contributed by atoms with Gasteiger partial charge in [0.2, 0.25) is 5.88 Å². The highest BCUT2D eigenvalue weighted by Gasteiger charge is 2.11. The molecule has 0 aliphatic rings. The van der Waals surface area contributed by atoms with Crippen molar-refractivity contribution in [3.63, 3.8) is 0 Å². The van der Waals surface area contributed by atoms with Gasteiger partial charge in [0, 0.05) is 11.8 Å². The van der Waals surface area contributed by atoms with Crippen LogP contribution in [0.5, 0.6) is 5.88 Å². The van der Waals surface area contributed by atoms with E-state index < -0.39 is 0 Å². The lowest BCUT2D eigenvalue weighted by Gasteiger charge is -2.18. The molecule has 1 heterocycles. The quantitative estimate of drug-likeness (QED) is 0.696. The average molecular weight is 179 g/mol. The minimum Gasteiger partial charge on any atom is -0.477 e. The van der Waals surface area contributed by atoms with Crippen LogP contribution in [-0.4, -0.2) is 11.6 Å². The lowest BCUT2D eigenvalue weighted by atomic mass is 9.99. The zero-order chi connectivity index (χ0) is 9.90. The molecule has 0 unspecified atom stereocenters. The van der Waals surface area contributed by atoms with E-state index in [0.717, 1.165) is 11.6 Å².